The molecule has 1 fully saturated rings. The van der Waals surface area contributed by atoms with Gasteiger partial charge in [0.2, 0.25) is 11.7 Å². The minimum atomic E-state index is -0.0988. The van der Waals surface area contributed by atoms with E-state index in [0.29, 0.717) is 34.8 Å². The molecule has 0 aliphatic carbocycles. The van der Waals surface area contributed by atoms with E-state index in [4.69, 9.17) is 14.0 Å². The van der Waals surface area contributed by atoms with E-state index >= 15 is 0 Å². The van der Waals surface area contributed by atoms with Crippen LogP contribution < -0.4 is 4.74 Å². The van der Waals surface area contributed by atoms with E-state index in [2.05, 4.69) is 25.4 Å². The van der Waals surface area contributed by atoms with E-state index in [1.54, 1.807) is 10.6 Å². The Morgan fingerprint density at radius 1 is 0.906 bits per heavy atom. The van der Waals surface area contributed by atoms with Gasteiger partial charge in [-0.15, -0.1) is 15.3 Å². The Balaban J connectivity index is 1.23. The van der Waals surface area contributed by atoms with E-state index < -0.39 is 0 Å². The Bertz CT molecular complexity index is 1360. The van der Waals surface area contributed by atoms with Crippen molar-refractivity contribution < 1.29 is 14.0 Å². The second-order valence-corrected chi connectivity index (χ2v) is 7.42. The first-order valence-corrected chi connectivity index (χ1v) is 10.3. The van der Waals surface area contributed by atoms with Crippen LogP contribution in [0.2, 0.25) is 0 Å². The lowest BCUT2D eigenvalue weighted by Gasteiger charge is -2.06. The van der Waals surface area contributed by atoms with Gasteiger partial charge in [0.05, 0.1) is 0 Å². The van der Waals surface area contributed by atoms with Crippen molar-refractivity contribution in [3.8, 4) is 34.4 Å². The molecule has 1 aliphatic heterocycles. The Kier molecular flexibility index (Phi) is 4.58. The number of nitrogens with zero attached hydrogens (tertiary/aromatic N) is 6. The zero-order valence-corrected chi connectivity index (χ0v) is 17.0. The molecule has 1 unspecified atom stereocenters. The number of hydrogen-bond donors (Lipinski definition) is 0. The summed E-state index contributed by atoms with van der Waals surface area (Å²) in [7, 11) is 0. The first kappa shape index (κ1) is 18.6. The first-order chi connectivity index (χ1) is 15.8. The van der Waals surface area contributed by atoms with Gasteiger partial charge in [0.25, 0.3) is 5.89 Å². The van der Waals surface area contributed by atoms with Crippen molar-refractivity contribution in [2.24, 2.45) is 0 Å². The van der Waals surface area contributed by atoms with E-state index in [-0.39, 0.29) is 6.10 Å². The molecule has 0 spiro atoms. The summed E-state index contributed by atoms with van der Waals surface area (Å²) in [5, 5.41) is 17.1. The molecule has 6 rings (SSSR count). The summed E-state index contributed by atoms with van der Waals surface area (Å²) >= 11 is 0. The SMILES string of the molecule is c1ccc(-c2nnc3ccc(Oc4ccc(-c5noc(C6CCCO6)n5)cc4)nn23)cc1. The van der Waals surface area contributed by atoms with Crippen LogP contribution in [0.1, 0.15) is 24.8 Å². The molecule has 1 aliphatic rings. The molecule has 0 N–H and O–H groups in total. The largest absolute Gasteiger partial charge is 0.438 e. The quantitative estimate of drug-likeness (QED) is 0.405. The fourth-order valence-electron chi connectivity index (χ4n) is 3.64. The van der Waals surface area contributed by atoms with Crippen LogP contribution in [0, 0.1) is 0 Å². The van der Waals surface area contributed by atoms with E-state index in [0.717, 1.165) is 30.6 Å². The number of benzene rings is 2. The molecule has 4 heterocycles. The minimum Gasteiger partial charge on any atom is -0.438 e. The molecule has 5 aromatic rings. The topological polar surface area (TPSA) is 100 Å². The van der Waals surface area contributed by atoms with E-state index in [1.807, 2.05) is 60.7 Å². The number of ether oxygens (including phenoxy) is 2. The second kappa shape index (κ2) is 7.86. The number of aromatic nitrogens is 6. The molecular formula is C23H18N6O3. The lowest BCUT2D eigenvalue weighted by molar-refractivity contribution is 0.0835. The molecule has 1 atom stereocenters. The van der Waals surface area contributed by atoms with Crippen LogP contribution in [0.4, 0.5) is 0 Å². The van der Waals surface area contributed by atoms with Crippen LogP contribution in [0.3, 0.4) is 0 Å². The predicted octanol–water partition coefficient (Wildman–Crippen LogP) is 4.49. The molecule has 0 amide bonds. The van der Waals surface area contributed by atoms with Crippen molar-refractivity contribution in [3.05, 3.63) is 72.6 Å². The summed E-state index contributed by atoms with van der Waals surface area (Å²) in [6.45, 7) is 0.732. The van der Waals surface area contributed by atoms with Gasteiger partial charge in [-0.3, -0.25) is 0 Å². The van der Waals surface area contributed by atoms with Gasteiger partial charge in [0, 0.05) is 23.8 Å². The van der Waals surface area contributed by atoms with Gasteiger partial charge < -0.3 is 14.0 Å². The summed E-state index contributed by atoms with van der Waals surface area (Å²) < 4.78 is 18.6. The molecular weight excluding hydrogens is 408 g/mol. The second-order valence-electron chi connectivity index (χ2n) is 7.42. The average Bonchev–Trinajstić information content (AvgIpc) is 3.60. The first-order valence-electron chi connectivity index (χ1n) is 10.3. The fraction of sp³-hybridized carbons (Fsp3) is 0.174. The van der Waals surface area contributed by atoms with Gasteiger partial charge in [-0.2, -0.15) is 9.50 Å². The summed E-state index contributed by atoms with van der Waals surface area (Å²) in [5.74, 6) is 2.78. The zero-order valence-electron chi connectivity index (χ0n) is 17.0. The molecule has 9 nitrogen and oxygen atoms in total. The molecule has 2 aromatic carbocycles. The van der Waals surface area contributed by atoms with Gasteiger partial charge in [-0.25, -0.2) is 0 Å². The van der Waals surface area contributed by atoms with Crippen molar-refractivity contribution in [1.29, 1.82) is 0 Å². The molecule has 1 saturated heterocycles. The highest BCUT2D eigenvalue weighted by Gasteiger charge is 2.24. The Hall–Kier alpha value is -4.11. The smallest absolute Gasteiger partial charge is 0.256 e. The zero-order chi connectivity index (χ0) is 21.3. The van der Waals surface area contributed by atoms with E-state index in [9.17, 15) is 0 Å². The van der Waals surface area contributed by atoms with Crippen LogP contribution >= 0.6 is 0 Å². The summed E-state index contributed by atoms with van der Waals surface area (Å²) in [5.41, 5.74) is 2.40. The van der Waals surface area contributed by atoms with Gasteiger partial charge in [-0.05, 0) is 43.2 Å². The van der Waals surface area contributed by atoms with Crippen LogP contribution in [0.15, 0.2) is 71.3 Å². The maximum Gasteiger partial charge on any atom is 0.256 e. The Morgan fingerprint density at radius 2 is 1.78 bits per heavy atom. The Labute approximate surface area is 182 Å². The molecule has 158 valence electrons. The van der Waals surface area contributed by atoms with Crippen molar-refractivity contribution in [2.45, 2.75) is 18.9 Å². The summed E-state index contributed by atoms with van der Waals surface area (Å²) in [6.07, 6.45) is 1.82. The Morgan fingerprint density at radius 3 is 2.59 bits per heavy atom. The third kappa shape index (κ3) is 3.48. The third-order valence-corrected chi connectivity index (χ3v) is 5.25. The minimum absolute atomic E-state index is 0.0988. The summed E-state index contributed by atoms with van der Waals surface area (Å²) in [6, 6.07) is 20.8. The lowest BCUT2D eigenvalue weighted by atomic mass is 10.2. The van der Waals surface area contributed by atoms with Crippen molar-refractivity contribution >= 4 is 5.65 Å². The number of fused-ring (bicyclic) bond motifs is 1. The maximum atomic E-state index is 5.95. The lowest BCUT2D eigenvalue weighted by Crippen LogP contribution is -1.98. The van der Waals surface area contributed by atoms with Crippen LogP contribution in [-0.4, -0.2) is 36.6 Å². The molecule has 3 aromatic heterocycles. The molecule has 32 heavy (non-hydrogen) atoms. The standard InChI is InChI=1S/C23H18N6O3/c1-2-5-16(6-3-1)22-26-25-19-12-13-20(27-29(19)22)31-17-10-8-15(9-11-17)21-24-23(32-28-21)18-7-4-14-30-18/h1-3,5-6,8-13,18H,4,7,14H2. The van der Waals surface area contributed by atoms with Crippen molar-refractivity contribution in [1.82, 2.24) is 30.0 Å². The molecule has 0 bridgehead atoms. The van der Waals surface area contributed by atoms with Gasteiger partial charge >= 0.3 is 0 Å². The van der Waals surface area contributed by atoms with Crippen molar-refractivity contribution in [3.63, 3.8) is 0 Å². The molecule has 9 heteroatoms. The predicted molar refractivity (Wildman–Crippen MR) is 114 cm³/mol. The average molecular weight is 426 g/mol. The molecule has 0 radical (unpaired) electrons. The highest BCUT2D eigenvalue weighted by Crippen LogP contribution is 2.29. The van der Waals surface area contributed by atoms with Crippen LogP contribution in [0.5, 0.6) is 11.6 Å². The summed E-state index contributed by atoms with van der Waals surface area (Å²) in [4.78, 5) is 4.47. The highest BCUT2D eigenvalue weighted by atomic mass is 16.5. The van der Waals surface area contributed by atoms with Gasteiger partial charge in [-0.1, -0.05) is 35.5 Å². The van der Waals surface area contributed by atoms with Gasteiger partial charge in [0.1, 0.15) is 11.9 Å². The van der Waals surface area contributed by atoms with Crippen molar-refractivity contribution in [2.75, 3.05) is 6.61 Å². The van der Waals surface area contributed by atoms with Crippen LogP contribution in [-0.2, 0) is 4.74 Å². The van der Waals surface area contributed by atoms with Gasteiger partial charge in [0.15, 0.2) is 11.5 Å². The number of hydrogen-bond acceptors (Lipinski definition) is 8. The maximum absolute atomic E-state index is 5.95. The number of rotatable bonds is 5. The molecule has 0 saturated carbocycles. The normalized spacial score (nSPS) is 15.9. The monoisotopic (exact) mass is 426 g/mol. The van der Waals surface area contributed by atoms with Crippen LogP contribution in [0.25, 0.3) is 28.4 Å². The fourth-order valence-corrected chi connectivity index (χ4v) is 3.64. The van der Waals surface area contributed by atoms with E-state index in [1.165, 1.54) is 0 Å². The third-order valence-electron chi connectivity index (χ3n) is 5.25. The highest BCUT2D eigenvalue weighted by molar-refractivity contribution is 5.59.